The maximum absolute atomic E-state index is 5.88. The molecule has 0 saturated heterocycles. The van der Waals surface area contributed by atoms with E-state index in [0.29, 0.717) is 19.0 Å². The van der Waals surface area contributed by atoms with Crippen molar-refractivity contribution in [3.8, 4) is 5.88 Å². The largest absolute Gasteiger partial charge is 0.481 e. The summed E-state index contributed by atoms with van der Waals surface area (Å²) in [5, 5.41) is 6.55. The Labute approximate surface area is 155 Å². The lowest BCUT2D eigenvalue weighted by molar-refractivity contribution is 0.0646. The van der Waals surface area contributed by atoms with Gasteiger partial charge in [0.2, 0.25) is 5.88 Å². The first-order valence-electron chi connectivity index (χ1n) is 8.83. The third-order valence-corrected chi connectivity index (χ3v) is 3.96. The molecule has 0 radical (unpaired) electrons. The van der Waals surface area contributed by atoms with E-state index in [0.717, 1.165) is 24.5 Å². The maximum Gasteiger partial charge on any atom is 0.218 e. The van der Waals surface area contributed by atoms with Gasteiger partial charge in [0, 0.05) is 38.5 Å². The van der Waals surface area contributed by atoms with Gasteiger partial charge < -0.3 is 20.1 Å². The van der Waals surface area contributed by atoms with E-state index < -0.39 is 0 Å². The Morgan fingerprint density at radius 3 is 2.69 bits per heavy atom. The highest BCUT2D eigenvalue weighted by molar-refractivity contribution is 5.79. The van der Waals surface area contributed by atoms with Gasteiger partial charge in [-0.15, -0.1) is 0 Å². The highest BCUT2D eigenvalue weighted by Crippen LogP contribution is 2.15. The number of hydrogen-bond donors (Lipinski definition) is 2. The van der Waals surface area contributed by atoms with Crippen molar-refractivity contribution in [2.24, 2.45) is 4.99 Å². The van der Waals surface area contributed by atoms with Gasteiger partial charge in [-0.2, -0.15) is 0 Å². The molecule has 26 heavy (non-hydrogen) atoms. The van der Waals surface area contributed by atoms with Gasteiger partial charge in [0.1, 0.15) is 0 Å². The summed E-state index contributed by atoms with van der Waals surface area (Å²) in [6, 6.07) is 14.1. The first-order valence-corrected chi connectivity index (χ1v) is 8.83. The quantitative estimate of drug-likeness (QED) is 0.411. The topological polar surface area (TPSA) is 67.8 Å². The van der Waals surface area contributed by atoms with Crippen LogP contribution in [0.1, 0.15) is 30.6 Å². The highest BCUT2D eigenvalue weighted by atomic mass is 16.5. The molecule has 2 rings (SSSR count). The van der Waals surface area contributed by atoms with Crippen LogP contribution in [0, 0.1) is 0 Å². The van der Waals surface area contributed by atoms with Gasteiger partial charge in [-0.1, -0.05) is 36.4 Å². The number of guanidine groups is 1. The molecule has 0 fully saturated rings. The summed E-state index contributed by atoms with van der Waals surface area (Å²) in [5.74, 6) is 1.37. The van der Waals surface area contributed by atoms with Crippen LogP contribution >= 0.6 is 0 Å². The van der Waals surface area contributed by atoms with Gasteiger partial charge in [0.05, 0.1) is 13.2 Å². The van der Waals surface area contributed by atoms with Gasteiger partial charge in [0.25, 0.3) is 0 Å². The number of aromatic nitrogens is 1. The van der Waals surface area contributed by atoms with Crippen molar-refractivity contribution in [1.82, 2.24) is 15.6 Å². The number of rotatable bonds is 9. The van der Waals surface area contributed by atoms with Crippen molar-refractivity contribution < 1.29 is 9.47 Å². The lowest BCUT2D eigenvalue weighted by Crippen LogP contribution is -2.37. The van der Waals surface area contributed by atoms with Gasteiger partial charge in [-0.25, -0.2) is 4.98 Å². The van der Waals surface area contributed by atoms with Crippen LogP contribution in [-0.2, 0) is 11.3 Å². The number of ether oxygens (including phenoxy) is 2. The zero-order chi connectivity index (χ0) is 18.6. The monoisotopic (exact) mass is 356 g/mol. The normalized spacial score (nSPS) is 12.5. The van der Waals surface area contributed by atoms with Gasteiger partial charge in [-0.3, -0.25) is 4.99 Å². The number of aliphatic imine (C=N–C) groups is 1. The average molecular weight is 356 g/mol. The van der Waals surface area contributed by atoms with Crippen molar-refractivity contribution in [3.05, 3.63) is 59.8 Å². The fourth-order valence-corrected chi connectivity index (χ4v) is 2.50. The summed E-state index contributed by atoms with van der Waals surface area (Å²) in [4.78, 5) is 8.42. The molecular weight excluding hydrogens is 328 g/mol. The molecule has 0 bridgehead atoms. The summed E-state index contributed by atoms with van der Waals surface area (Å²) < 4.78 is 11.1. The second-order valence-electron chi connectivity index (χ2n) is 5.80. The molecule has 2 aromatic rings. The Hall–Kier alpha value is -2.60. The van der Waals surface area contributed by atoms with E-state index in [4.69, 9.17) is 9.47 Å². The predicted molar refractivity (Wildman–Crippen MR) is 104 cm³/mol. The number of nitrogens with zero attached hydrogens (tertiary/aromatic N) is 2. The summed E-state index contributed by atoms with van der Waals surface area (Å²) in [7, 11) is 3.37. The van der Waals surface area contributed by atoms with E-state index in [1.165, 1.54) is 5.56 Å². The van der Waals surface area contributed by atoms with Crippen LogP contribution < -0.4 is 15.4 Å². The fraction of sp³-hybridized carbons (Fsp3) is 0.400. The van der Waals surface area contributed by atoms with Crippen molar-refractivity contribution in [1.29, 1.82) is 0 Å². The lowest BCUT2D eigenvalue weighted by atomic mass is 10.1. The standard InChI is InChI=1S/C20H28N4O2/c1-16(17-9-5-4-6-10-17)26-14-8-13-23-20(21-2)24-15-18-11-7-12-22-19(18)25-3/h4-7,9-12,16H,8,13-15H2,1-3H3,(H2,21,23,24). The number of nitrogens with one attached hydrogen (secondary N) is 2. The van der Waals surface area contributed by atoms with E-state index in [2.05, 4.69) is 39.7 Å². The predicted octanol–water partition coefficient (Wildman–Crippen LogP) is 2.92. The minimum absolute atomic E-state index is 0.103. The molecule has 0 aliphatic rings. The number of benzene rings is 1. The van der Waals surface area contributed by atoms with Crippen molar-refractivity contribution >= 4 is 5.96 Å². The smallest absolute Gasteiger partial charge is 0.218 e. The van der Waals surface area contributed by atoms with Crippen molar-refractivity contribution in [2.45, 2.75) is 26.0 Å². The Morgan fingerprint density at radius 1 is 1.15 bits per heavy atom. The molecule has 0 saturated carbocycles. The van der Waals surface area contributed by atoms with Crippen LogP contribution in [0.2, 0.25) is 0 Å². The second kappa shape index (κ2) is 11.1. The summed E-state index contributed by atoms with van der Waals surface area (Å²) in [6.45, 7) is 4.14. The van der Waals surface area contributed by atoms with Gasteiger partial charge in [-0.05, 0) is 25.0 Å². The molecule has 0 spiro atoms. The molecule has 140 valence electrons. The molecule has 1 atom stereocenters. The Balaban J connectivity index is 1.66. The van der Waals surface area contributed by atoms with Crippen molar-refractivity contribution in [3.63, 3.8) is 0 Å². The minimum Gasteiger partial charge on any atom is -0.481 e. The zero-order valence-electron chi connectivity index (χ0n) is 15.7. The molecule has 0 aliphatic heterocycles. The van der Waals surface area contributed by atoms with Crippen LogP contribution in [0.4, 0.5) is 0 Å². The molecule has 0 amide bonds. The lowest BCUT2D eigenvalue weighted by Gasteiger charge is -2.15. The third-order valence-electron chi connectivity index (χ3n) is 3.96. The van der Waals surface area contributed by atoms with Crippen LogP contribution in [0.5, 0.6) is 5.88 Å². The highest BCUT2D eigenvalue weighted by Gasteiger charge is 2.06. The molecule has 1 heterocycles. The van der Waals surface area contributed by atoms with E-state index in [-0.39, 0.29) is 6.10 Å². The van der Waals surface area contributed by atoms with E-state index >= 15 is 0 Å². The van der Waals surface area contributed by atoms with Gasteiger partial charge >= 0.3 is 0 Å². The average Bonchev–Trinajstić information content (AvgIpc) is 2.70. The molecule has 0 aliphatic carbocycles. The fourth-order valence-electron chi connectivity index (χ4n) is 2.50. The van der Waals surface area contributed by atoms with Crippen LogP contribution in [0.3, 0.4) is 0 Å². The first-order chi connectivity index (χ1) is 12.7. The summed E-state index contributed by atoms with van der Waals surface area (Å²) in [6.07, 6.45) is 2.71. The molecule has 2 N–H and O–H groups in total. The van der Waals surface area contributed by atoms with E-state index in [1.807, 2.05) is 30.3 Å². The molecule has 1 aromatic carbocycles. The second-order valence-corrected chi connectivity index (χ2v) is 5.80. The van der Waals surface area contributed by atoms with Crippen LogP contribution in [-0.4, -0.2) is 38.3 Å². The van der Waals surface area contributed by atoms with Crippen LogP contribution in [0.15, 0.2) is 53.7 Å². The van der Waals surface area contributed by atoms with Crippen LogP contribution in [0.25, 0.3) is 0 Å². The third kappa shape index (κ3) is 6.37. The molecule has 6 heteroatoms. The van der Waals surface area contributed by atoms with Gasteiger partial charge in [0.15, 0.2) is 5.96 Å². The summed E-state index contributed by atoms with van der Waals surface area (Å²) >= 11 is 0. The van der Waals surface area contributed by atoms with Crippen molar-refractivity contribution in [2.75, 3.05) is 27.3 Å². The molecule has 6 nitrogen and oxygen atoms in total. The first kappa shape index (κ1) is 19.7. The molecule has 1 unspecified atom stereocenters. The number of hydrogen-bond acceptors (Lipinski definition) is 4. The summed E-state index contributed by atoms with van der Waals surface area (Å²) in [5.41, 5.74) is 2.18. The Morgan fingerprint density at radius 2 is 1.96 bits per heavy atom. The Kier molecular flexibility index (Phi) is 8.42. The Bertz CT molecular complexity index is 677. The molecular formula is C20H28N4O2. The minimum atomic E-state index is 0.103. The molecule has 1 aromatic heterocycles. The van der Waals surface area contributed by atoms with E-state index in [9.17, 15) is 0 Å². The zero-order valence-corrected chi connectivity index (χ0v) is 15.7. The SMILES string of the molecule is CN=C(NCCCOC(C)c1ccccc1)NCc1cccnc1OC. The number of pyridine rings is 1. The number of methoxy groups -OCH3 is 1. The van der Waals surface area contributed by atoms with E-state index in [1.54, 1.807) is 20.4 Å². The maximum atomic E-state index is 5.88.